The molecule has 0 amide bonds. The van der Waals surface area contributed by atoms with Crippen LogP contribution in [0.3, 0.4) is 0 Å². The van der Waals surface area contributed by atoms with Crippen LogP contribution in [0, 0.1) is 0 Å². The van der Waals surface area contributed by atoms with Gasteiger partial charge >= 0.3 is 5.97 Å². The molecule has 1 rings (SSSR count). The molecular weight excluding hydrogens is 230 g/mol. The average Bonchev–Trinajstić information content (AvgIpc) is 2.39. The summed E-state index contributed by atoms with van der Waals surface area (Å²) in [6.07, 6.45) is 0.964. The summed E-state index contributed by atoms with van der Waals surface area (Å²) in [5, 5.41) is 3.19. The SMILES string of the molecule is CCCNC(C(=O)OC)c1cccc(COC)c1. The van der Waals surface area contributed by atoms with E-state index < -0.39 is 6.04 Å². The van der Waals surface area contributed by atoms with Crippen molar-refractivity contribution in [1.82, 2.24) is 5.32 Å². The lowest BCUT2D eigenvalue weighted by molar-refractivity contribution is -0.143. The molecule has 1 atom stereocenters. The van der Waals surface area contributed by atoms with Crippen LogP contribution in [0.1, 0.15) is 30.5 Å². The first-order valence-corrected chi connectivity index (χ1v) is 6.12. The Bertz CT molecular complexity index is 379. The minimum atomic E-state index is -0.410. The number of carbonyl (C=O) groups excluding carboxylic acids is 1. The van der Waals surface area contributed by atoms with Crippen molar-refractivity contribution in [2.45, 2.75) is 26.0 Å². The van der Waals surface area contributed by atoms with Crippen LogP contribution in [-0.4, -0.2) is 26.7 Å². The van der Waals surface area contributed by atoms with E-state index in [4.69, 9.17) is 9.47 Å². The van der Waals surface area contributed by atoms with Gasteiger partial charge in [0.2, 0.25) is 0 Å². The van der Waals surface area contributed by atoms with Crippen molar-refractivity contribution in [3.63, 3.8) is 0 Å². The number of carbonyl (C=O) groups is 1. The Balaban J connectivity index is 2.89. The van der Waals surface area contributed by atoms with Crippen LogP contribution >= 0.6 is 0 Å². The smallest absolute Gasteiger partial charge is 0.327 e. The van der Waals surface area contributed by atoms with E-state index in [0.29, 0.717) is 6.61 Å². The van der Waals surface area contributed by atoms with Crippen molar-refractivity contribution in [3.05, 3.63) is 35.4 Å². The minimum Gasteiger partial charge on any atom is -0.468 e. The average molecular weight is 251 g/mol. The molecule has 0 fully saturated rings. The number of rotatable bonds is 7. The molecule has 1 aromatic rings. The van der Waals surface area contributed by atoms with Crippen molar-refractivity contribution in [2.75, 3.05) is 20.8 Å². The van der Waals surface area contributed by atoms with Gasteiger partial charge in [-0.15, -0.1) is 0 Å². The summed E-state index contributed by atoms with van der Waals surface area (Å²) < 4.78 is 9.92. The van der Waals surface area contributed by atoms with E-state index >= 15 is 0 Å². The fraction of sp³-hybridized carbons (Fsp3) is 0.500. The highest BCUT2D eigenvalue weighted by molar-refractivity contribution is 5.77. The van der Waals surface area contributed by atoms with Crippen molar-refractivity contribution in [1.29, 1.82) is 0 Å². The molecule has 0 saturated heterocycles. The zero-order valence-corrected chi connectivity index (χ0v) is 11.2. The van der Waals surface area contributed by atoms with Gasteiger partial charge < -0.3 is 14.8 Å². The molecule has 100 valence electrons. The largest absolute Gasteiger partial charge is 0.468 e. The van der Waals surface area contributed by atoms with Gasteiger partial charge in [-0.3, -0.25) is 0 Å². The first-order valence-electron chi connectivity index (χ1n) is 6.12. The Hall–Kier alpha value is -1.39. The number of benzene rings is 1. The maximum absolute atomic E-state index is 11.8. The summed E-state index contributed by atoms with van der Waals surface area (Å²) in [6.45, 7) is 3.37. The lowest BCUT2D eigenvalue weighted by Gasteiger charge is -2.17. The van der Waals surface area contributed by atoms with Crippen LogP contribution in [0.25, 0.3) is 0 Å². The molecule has 1 unspecified atom stereocenters. The van der Waals surface area contributed by atoms with Gasteiger partial charge in [-0.1, -0.05) is 31.2 Å². The normalized spacial score (nSPS) is 12.2. The number of hydrogen-bond donors (Lipinski definition) is 1. The summed E-state index contributed by atoms with van der Waals surface area (Å²) in [5.74, 6) is -0.266. The van der Waals surface area contributed by atoms with Gasteiger partial charge in [0, 0.05) is 7.11 Å². The number of nitrogens with one attached hydrogen (secondary N) is 1. The van der Waals surface area contributed by atoms with Crippen LogP contribution < -0.4 is 5.32 Å². The summed E-state index contributed by atoms with van der Waals surface area (Å²) in [4.78, 5) is 11.8. The fourth-order valence-electron chi connectivity index (χ4n) is 1.77. The highest BCUT2D eigenvalue weighted by Gasteiger charge is 2.20. The summed E-state index contributed by atoms with van der Waals surface area (Å²) in [6, 6.07) is 7.37. The van der Waals surface area contributed by atoms with Gasteiger partial charge in [0.15, 0.2) is 0 Å². The summed E-state index contributed by atoms with van der Waals surface area (Å²) >= 11 is 0. The van der Waals surface area contributed by atoms with Gasteiger partial charge in [0.1, 0.15) is 6.04 Å². The molecule has 0 aromatic heterocycles. The van der Waals surface area contributed by atoms with Gasteiger partial charge in [0.25, 0.3) is 0 Å². The second-order valence-corrected chi connectivity index (χ2v) is 4.09. The Morgan fingerprint density at radius 2 is 2.17 bits per heavy atom. The molecule has 4 nitrogen and oxygen atoms in total. The van der Waals surface area contributed by atoms with Gasteiger partial charge in [0.05, 0.1) is 13.7 Å². The van der Waals surface area contributed by atoms with E-state index in [-0.39, 0.29) is 5.97 Å². The molecule has 0 aliphatic carbocycles. The van der Waals surface area contributed by atoms with E-state index in [1.807, 2.05) is 24.3 Å². The van der Waals surface area contributed by atoms with Gasteiger partial charge in [-0.25, -0.2) is 4.79 Å². The van der Waals surface area contributed by atoms with Gasteiger partial charge in [-0.05, 0) is 24.1 Å². The highest BCUT2D eigenvalue weighted by atomic mass is 16.5. The summed E-state index contributed by atoms with van der Waals surface area (Å²) in [5.41, 5.74) is 1.95. The van der Waals surface area contributed by atoms with Crippen molar-refractivity contribution < 1.29 is 14.3 Å². The van der Waals surface area contributed by atoms with E-state index in [9.17, 15) is 4.79 Å². The lowest BCUT2D eigenvalue weighted by Crippen LogP contribution is -2.30. The number of esters is 1. The van der Waals surface area contributed by atoms with Crippen LogP contribution in [0.15, 0.2) is 24.3 Å². The molecule has 1 N–H and O–H groups in total. The third-order valence-corrected chi connectivity index (χ3v) is 2.63. The maximum atomic E-state index is 11.8. The molecule has 1 aromatic carbocycles. The number of methoxy groups -OCH3 is 2. The Labute approximate surface area is 108 Å². The predicted molar refractivity (Wildman–Crippen MR) is 70.2 cm³/mol. The highest BCUT2D eigenvalue weighted by Crippen LogP contribution is 2.16. The monoisotopic (exact) mass is 251 g/mol. The minimum absolute atomic E-state index is 0.266. The van der Waals surface area contributed by atoms with E-state index in [2.05, 4.69) is 12.2 Å². The number of hydrogen-bond acceptors (Lipinski definition) is 4. The lowest BCUT2D eigenvalue weighted by atomic mass is 10.0. The molecule has 0 spiro atoms. The fourth-order valence-corrected chi connectivity index (χ4v) is 1.77. The molecule has 18 heavy (non-hydrogen) atoms. The third-order valence-electron chi connectivity index (χ3n) is 2.63. The summed E-state index contributed by atoms with van der Waals surface area (Å²) in [7, 11) is 3.06. The zero-order chi connectivity index (χ0) is 13.4. The number of ether oxygens (including phenoxy) is 2. The quantitative estimate of drug-likeness (QED) is 0.753. The van der Waals surface area contributed by atoms with Crippen molar-refractivity contribution in [3.8, 4) is 0 Å². The van der Waals surface area contributed by atoms with Crippen LogP contribution in [0.2, 0.25) is 0 Å². The second-order valence-electron chi connectivity index (χ2n) is 4.09. The zero-order valence-electron chi connectivity index (χ0n) is 11.2. The molecule has 0 aliphatic heterocycles. The molecule has 0 aliphatic rings. The van der Waals surface area contributed by atoms with Crippen molar-refractivity contribution in [2.24, 2.45) is 0 Å². The molecule has 0 heterocycles. The van der Waals surface area contributed by atoms with Crippen molar-refractivity contribution >= 4 is 5.97 Å². The Morgan fingerprint density at radius 3 is 2.78 bits per heavy atom. The molecule has 4 heteroatoms. The predicted octanol–water partition coefficient (Wildman–Crippen LogP) is 2.05. The molecule has 0 saturated carbocycles. The van der Waals surface area contributed by atoms with Crippen LogP contribution in [0.4, 0.5) is 0 Å². The third kappa shape index (κ3) is 4.13. The van der Waals surface area contributed by atoms with E-state index in [1.165, 1.54) is 7.11 Å². The second kappa shape index (κ2) is 7.84. The first-order chi connectivity index (χ1) is 8.72. The Morgan fingerprint density at radius 1 is 1.39 bits per heavy atom. The van der Waals surface area contributed by atoms with E-state index in [0.717, 1.165) is 24.1 Å². The first kappa shape index (κ1) is 14.7. The van der Waals surface area contributed by atoms with E-state index in [1.54, 1.807) is 7.11 Å². The molecule has 0 radical (unpaired) electrons. The Kier molecular flexibility index (Phi) is 6.39. The molecular formula is C14H21NO3. The standard InChI is InChI=1S/C14H21NO3/c1-4-8-15-13(14(16)18-3)12-7-5-6-11(9-12)10-17-2/h5-7,9,13,15H,4,8,10H2,1-3H3. The topological polar surface area (TPSA) is 47.6 Å². The van der Waals surface area contributed by atoms with Gasteiger partial charge in [-0.2, -0.15) is 0 Å². The maximum Gasteiger partial charge on any atom is 0.327 e. The van der Waals surface area contributed by atoms with Crippen LogP contribution in [-0.2, 0) is 20.9 Å². The van der Waals surface area contributed by atoms with Crippen LogP contribution in [0.5, 0.6) is 0 Å². The molecule has 0 bridgehead atoms.